The number of aromatic nitrogens is 2. The topological polar surface area (TPSA) is 17.8 Å². The zero-order valence-corrected chi connectivity index (χ0v) is 6.08. The highest BCUT2D eigenvalue weighted by Crippen LogP contribution is 2.15. The molecule has 3 heteroatoms. The lowest BCUT2D eigenvalue weighted by molar-refractivity contribution is 0.625. The molecule has 0 bridgehead atoms. The van der Waals surface area contributed by atoms with Gasteiger partial charge < -0.3 is 0 Å². The Morgan fingerprint density at radius 2 is 2.27 bits per heavy atom. The van der Waals surface area contributed by atoms with Crippen molar-refractivity contribution < 1.29 is 4.39 Å². The van der Waals surface area contributed by atoms with Gasteiger partial charge in [-0.3, -0.25) is 4.68 Å². The fourth-order valence-electron chi connectivity index (χ4n) is 1.18. The van der Waals surface area contributed by atoms with E-state index in [-0.39, 0.29) is 5.82 Å². The quantitative estimate of drug-likeness (QED) is 0.557. The monoisotopic (exact) mass is 149 g/mol. The Morgan fingerprint density at radius 1 is 1.45 bits per heavy atom. The lowest BCUT2D eigenvalue weighted by atomic mass is 10.2. The van der Waals surface area contributed by atoms with E-state index in [9.17, 15) is 4.39 Å². The summed E-state index contributed by atoms with van der Waals surface area (Å²) in [6.07, 6.45) is 1.65. The van der Waals surface area contributed by atoms with Crippen LogP contribution in [0.2, 0.25) is 0 Å². The molecule has 1 heterocycles. The second-order valence-electron chi connectivity index (χ2n) is 2.45. The predicted octanol–water partition coefficient (Wildman–Crippen LogP) is 1.71. The molecule has 2 aromatic rings. The van der Waals surface area contributed by atoms with Crippen molar-refractivity contribution in [2.75, 3.05) is 0 Å². The molecule has 0 N–H and O–H groups in total. The molecule has 11 heavy (non-hydrogen) atoms. The van der Waals surface area contributed by atoms with Gasteiger partial charge in [-0.05, 0) is 6.07 Å². The summed E-state index contributed by atoms with van der Waals surface area (Å²) in [5.41, 5.74) is 0.563. The highest BCUT2D eigenvalue weighted by molar-refractivity contribution is 5.78. The van der Waals surface area contributed by atoms with E-state index in [0.29, 0.717) is 5.52 Å². The maximum Gasteiger partial charge on any atom is 0.149 e. The number of benzene rings is 1. The summed E-state index contributed by atoms with van der Waals surface area (Å²) in [6, 6.07) is 4.95. The third-order valence-electron chi connectivity index (χ3n) is 1.71. The number of halogens is 1. The van der Waals surface area contributed by atoms with E-state index in [1.807, 2.05) is 6.07 Å². The van der Waals surface area contributed by atoms with Crippen LogP contribution in [0.1, 0.15) is 0 Å². The Kier molecular flexibility index (Phi) is 1.18. The molecule has 0 aliphatic carbocycles. The Morgan fingerprint density at radius 3 is 3.00 bits per heavy atom. The molecule has 0 amide bonds. The van der Waals surface area contributed by atoms with Crippen molar-refractivity contribution in [3.63, 3.8) is 0 Å². The van der Waals surface area contributed by atoms with Gasteiger partial charge in [0.05, 0.1) is 6.20 Å². The summed E-state index contributed by atoms with van der Waals surface area (Å²) in [7, 11) is 1.73. The van der Waals surface area contributed by atoms with Crippen LogP contribution in [0.15, 0.2) is 24.4 Å². The molecule has 0 radical (unpaired) electrons. The first-order chi connectivity index (χ1) is 5.29. The van der Waals surface area contributed by atoms with E-state index in [2.05, 4.69) is 5.10 Å². The van der Waals surface area contributed by atoms with Crippen molar-refractivity contribution in [2.45, 2.75) is 0 Å². The van der Waals surface area contributed by atoms with Gasteiger partial charge in [-0.1, -0.05) is 12.1 Å². The van der Waals surface area contributed by atoms with Crippen LogP contribution in [0.3, 0.4) is 0 Å². The standard InChI is InChI=1S/C8H7FN2/c1-11-8-6(5-10-11)3-2-4-7(8)9/h2-5H,1H3/i9-1. The minimum Gasteiger partial charge on any atom is -0.265 e. The van der Waals surface area contributed by atoms with Gasteiger partial charge in [0.15, 0.2) is 0 Å². The number of aryl methyl sites for hydroxylation is 1. The molecule has 2 nitrogen and oxygen atoms in total. The second-order valence-corrected chi connectivity index (χ2v) is 2.45. The van der Waals surface area contributed by atoms with Gasteiger partial charge >= 0.3 is 0 Å². The number of nitrogens with zero attached hydrogens (tertiary/aromatic N) is 2. The first kappa shape index (κ1) is 6.34. The molecule has 1 aromatic heterocycles. The van der Waals surface area contributed by atoms with Gasteiger partial charge in [-0.25, -0.2) is 4.39 Å². The zero-order chi connectivity index (χ0) is 7.84. The molecule has 0 saturated heterocycles. The number of hydrogen-bond donors (Lipinski definition) is 0. The number of fused-ring (bicyclic) bond motifs is 1. The van der Waals surface area contributed by atoms with E-state index in [0.717, 1.165) is 5.39 Å². The van der Waals surface area contributed by atoms with Gasteiger partial charge in [0.2, 0.25) is 0 Å². The highest BCUT2D eigenvalue weighted by Gasteiger charge is 2.02. The van der Waals surface area contributed by atoms with Crippen LogP contribution >= 0.6 is 0 Å². The maximum absolute atomic E-state index is 13.0. The summed E-state index contributed by atoms with van der Waals surface area (Å²) in [5.74, 6) is -0.220. The molecule has 0 fully saturated rings. The Balaban J connectivity index is 2.96. The lowest BCUT2D eigenvalue weighted by Gasteiger charge is -1.93. The first-order valence-corrected chi connectivity index (χ1v) is 3.35. The molecule has 0 unspecified atom stereocenters. The SMILES string of the molecule is Cn1ncc2cccc([18F])c21. The minimum absolute atomic E-state index is 0.220. The Bertz CT molecular complexity index is 392. The molecular weight excluding hydrogens is 142 g/mol. The Hall–Kier alpha value is -1.38. The van der Waals surface area contributed by atoms with Gasteiger partial charge in [0.25, 0.3) is 0 Å². The van der Waals surface area contributed by atoms with Crippen LogP contribution in [0, 0.1) is 5.82 Å². The van der Waals surface area contributed by atoms with Crippen molar-refractivity contribution in [1.29, 1.82) is 0 Å². The fraction of sp³-hybridized carbons (Fsp3) is 0.125. The van der Waals surface area contributed by atoms with Crippen molar-refractivity contribution in [1.82, 2.24) is 9.78 Å². The fourth-order valence-corrected chi connectivity index (χ4v) is 1.18. The van der Waals surface area contributed by atoms with Crippen LogP contribution in [-0.2, 0) is 7.05 Å². The molecule has 0 aliphatic heterocycles. The summed E-state index contributed by atoms with van der Waals surface area (Å²) in [6.45, 7) is 0. The number of hydrogen-bond acceptors (Lipinski definition) is 1. The molecule has 1 aromatic carbocycles. The van der Waals surface area contributed by atoms with Gasteiger partial charge in [-0.15, -0.1) is 0 Å². The second kappa shape index (κ2) is 2.05. The van der Waals surface area contributed by atoms with Crippen LogP contribution in [0.5, 0.6) is 0 Å². The van der Waals surface area contributed by atoms with Crippen molar-refractivity contribution in [3.05, 3.63) is 30.2 Å². The number of rotatable bonds is 0. The lowest BCUT2D eigenvalue weighted by Crippen LogP contribution is -1.90. The summed E-state index contributed by atoms with van der Waals surface area (Å²) in [4.78, 5) is 0. The normalized spacial score (nSPS) is 10.7. The predicted molar refractivity (Wildman–Crippen MR) is 40.7 cm³/mol. The molecular formula is C8H7FN2. The van der Waals surface area contributed by atoms with E-state index in [4.69, 9.17) is 0 Å². The van der Waals surface area contributed by atoms with E-state index < -0.39 is 0 Å². The molecule has 0 aliphatic rings. The molecule has 0 spiro atoms. The van der Waals surface area contributed by atoms with Crippen molar-refractivity contribution in [2.24, 2.45) is 7.05 Å². The van der Waals surface area contributed by atoms with Crippen LogP contribution in [-0.4, -0.2) is 9.78 Å². The van der Waals surface area contributed by atoms with E-state index in [1.54, 1.807) is 19.3 Å². The molecule has 56 valence electrons. The molecule has 0 atom stereocenters. The van der Waals surface area contributed by atoms with Crippen LogP contribution < -0.4 is 0 Å². The third kappa shape index (κ3) is 0.808. The minimum atomic E-state index is -0.220. The van der Waals surface area contributed by atoms with Crippen molar-refractivity contribution >= 4 is 10.9 Å². The van der Waals surface area contributed by atoms with Crippen LogP contribution in [0.25, 0.3) is 10.9 Å². The smallest absolute Gasteiger partial charge is 0.149 e. The molecule has 2 rings (SSSR count). The van der Waals surface area contributed by atoms with E-state index >= 15 is 0 Å². The average molecular weight is 149 g/mol. The third-order valence-corrected chi connectivity index (χ3v) is 1.71. The highest BCUT2D eigenvalue weighted by atomic mass is 18.2. The largest absolute Gasteiger partial charge is 0.265 e. The summed E-state index contributed by atoms with van der Waals surface area (Å²) >= 11 is 0. The molecule has 0 saturated carbocycles. The van der Waals surface area contributed by atoms with Gasteiger partial charge in [0.1, 0.15) is 11.3 Å². The maximum atomic E-state index is 13.0. The number of para-hydroxylation sites is 1. The Labute approximate surface area is 63.3 Å². The van der Waals surface area contributed by atoms with Crippen molar-refractivity contribution in [3.8, 4) is 0 Å². The van der Waals surface area contributed by atoms with Crippen LogP contribution in [0.4, 0.5) is 4.39 Å². The van der Waals surface area contributed by atoms with Gasteiger partial charge in [0, 0.05) is 12.4 Å². The first-order valence-electron chi connectivity index (χ1n) is 3.35. The zero-order valence-electron chi connectivity index (χ0n) is 6.08. The summed E-state index contributed by atoms with van der Waals surface area (Å²) < 4.78 is 14.6. The average Bonchev–Trinajstić information content (AvgIpc) is 2.34. The van der Waals surface area contributed by atoms with E-state index in [1.165, 1.54) is 10.7 Å². The summed E-state index contributed by atoms with van der Waals surface area (Å²) in [5, 5.41) is 4.77. The van der Waals surface area contributed by atoms with Gasteiger partial charge in [-0.2, -0.15) is 5.10 Å².